The van der Waals surface area contributed by atoms with Gasteiger partial charge < -0.3 is 5.32 Å². The van der Waals surface area contributed by atoms with Crippen molar-refractivity contribution in [2.45, 2.75) is 19.8 Å². The molecule has 0 bridgehead atoms. The number of aromatic nitrogens is 1. The maximum absolute atomic E-state index is 14.3. The molecule has 5 nitrogen and oxygen atoms in total. The minimum Gasteiger partial charge on any atom is -0.355 e. The summed E-state index contributed by atoms with van der Waals surface area (Å²) < 4.78 is 27.5. The predicted octanol–water partition coefficient (Wildman–Crippen LogP) is 3.82. The van der Waals surface area contributed by atoms with Gasteiger partial charge in [0.2, 0.25) is 0 Å². The Balaban J connectivity index is 1.63. The Kier molecular flexibility index (Phi) is 5.50. The first-order valence-electron chi connectivity index (χ1n) is 9.93. The van der Waals surface area contributed by atoms with Crippen molar-refractivity contribution >= 4 is 17.6 Å². The Morgan fingerprint density at radius 2 is 1.97 bits per heavy atom. The van der Waals surface area contributed by atoms with E-state index in [4.69, 9.17) is 0 Å². The number of benzene rings is 2. The minimum absolute atomic E-state index is 0.00831. The number of carbonyl (C=O) groups is 2. The lowest BCUT2D eigenvalue weighted by Gasteiger charge is -2.28. The van der Waals surface area contributed by atoms with Gasteiger partial charge in [-0.3, -0.25) is 14.5 Å². The van der Waals surface area contributed by atoms with E-state index < -0.39 is 17.5 Å². The lowest BCUT2D eigenvalue weighted by atomic mass is 9.90. The fourth-order valence-electron chi connectivity index (χ4n) is 3.84. The number of nitrogens with zero attached hydrogens (tertiary/aromatic N) is 2. The minimum atomic E-state index is -0.586. The smallest absolute Gasteiger partial charge is 0.259 e. The van der Waals surface area contributed by atoms with Gasteiger partial charge in [-0.15, -0.1) is 0 Å². The summed E-state index contributed by atoms with van der Waals surface area (Å²) in [5.74, 6) is -1.30. The monoisotopic (exact) mass is 421 g/mol. The molecule has 1 N–H and O–H groups in total. The zero-order valence-corrected chi connectivity index (χ0v) is 17.2. The molecule has 31 heavy (non-hydrogen) atoms. The number of hydrogen-bond donors (Lipinski definition) is 1. The highest BCUT2D eigenvalue weighted by Gasteiger charge is 2.27. The highest BCUT2D eigenvalue weighted by Crippen LogP contribution is 2.27. The zero-order valence-electron chi connectivity index (χ0n) is 17.2. The van der Waals surface area contributed by atoms with Crippen LogP contribution in [-0.2, 0) is 12.8 Å². The van der Waals surface area contributed by atoms with E-state index in [1.807, 2.05) is 19.1 Å². The highest BCUT2D eigenvalue weighted by atomic mass is 19.1. The van der Waals surface area contributed by atoms with E-state index in [0.29, 0.717) is 36.3 Å². The zero-order chi connectivity index (χ0) is 22.1. The number of carbonyl (C=O) groups excluding carboxylic acids is 2. The predicted molar refractivity (Wildman–Crippen MR) is 113 cm³/mol. The quantitative estimate of drug-likeness (QED) is 0.697. The third-order valence-corrected chi connectivity index (χ3v) is 5.53. The maximum atomic E-state index is 14.3. The van der Waals surface area contributed by atoms with E-state index >= 15 is 0 Å². The Morgan fingerprint density at radius 1 is 1.16 bits per heavy atom. The second-order valence-electron chi connectivity index (χ2n) is 7.55. The van der Waals surface area contributed by atoms with E-state index in [2.05, 4.69) is 10.3 Å². The molecule has 1 aliphatic rings. The van der Waals surface area contributed by atoms with Crippen LogP contribution in [-0.4, -0.2) is 30.4 Å². The first-order valence-corrected chi connectivity index (χ1v) is 9.93. The summed E-state index contributed by atoms with van der Waals surface area (Å²) in [7, 11) is 1.45. The number of fused-ring (bicyclic) bond motifs is 1. The summed E-state index contributed by atoms with van der Waals surface area (Å²) in [6.07, 6.45) is 2.18. The Bertz CT molecular complexity index is 1180. The van der Waals surface area contributed by atoms with Crippen molar-refractivity contribution in [1.29, 1.82) is 0 Å². The van der Waals surface area contributed by atoms with Gasteiger partial charge in [0.1, 0.15) is 17.5 Å². The molecule has 7 heteroatoms. The summed E-state index contributed by atoms with van der Waals surface area (Å²) in [4.78, 5) is 30.4. The van der Waals surface area contributed by atoms with Gasteiger partial charge in [-0.2, -0.15) is 0 Å². The molecule has 3 aromatic rings. The number of nitrogens with one attached hydrogen (secondary N) is 1. The lowest BCUT2D eigenvalue weighted by Crippen LogP contribution is -2.38. The van der Waals surface area contributed by atoms with E-state index in [9.17, 15) is 18.4 Å². The Morgan fingerprint density at radius 3 is 2.65 bits per heavy atom. The van der Waals surface area contributed by atoms with E-state index in [1.165, 1.54) is 31.3 Å². The molecule has 0 saturated carbocycles. The molecule has 4 rings (SSSR count). The van der Waals surface area contributed by atoms with Crippen LogP contribution < -0.4 is 10.2 Å². The molecule has 2 heterocycles. The number of halogens is 2. The molecule has 0 saturated heterocycles. The standard InChI is InChI=1S/C24H21F2N3O2/c1-14-9-16-7-8-29(22-6-4-18(25)13-28-22)24(31)20(16)12-17(14)10-15-3-5-19(21(26)11-15)23(30)27-2/h3-6,9,11-13H,7-8,10H2,1-2H3,(H,27,30). The molecule has 1 aliphatic heterocycles. The lowest BCUT2D eigenvalue weighted by molar-refractivity contribution is 0.0956. The average Bonchev–Trinajstić information content (AvgIpc) is 2.75. The van der Waals surface area contributed by atoms with Crippen molar-refractivity contribution in [2.24, 2.45) is 0 Å². The van der Waals surface area contributed by atoms with Crippen molar-refractivity contribution in [2.75, 3.05) is 18.5 Å². The summed E-state index contributed by atoms with van der Waals surface area (Å²) in [6.45, 7) is 2.43. The van der Waals surface area contributed by atoms with Gasteiger partial charge in [-0.25, -0.2) is 13.8 Å². The second-order valence-corrected chi connectivity index (χ2v) is 7.55. The number of aryl methyl sites for hydroxylation is 1. The van der Waals surface area contributed by atoms with Gasteiger partial charge in [0, 0.05) is 19.2 Å². The fourth-order valence-corrected chi connectivity index (χ4v) is 3.84. The Hall–Kier alpha value is -3.61. The molecule has 0 atom stereocenters. The van der Waals surface area contributed by atoms with Crippen LogP contribution >= 0.6 is 0 Å². The van der Waals surface area contributed by atoms with E-state index in [0.717, 1.165) is 22.9 Å². The largest absolute Gasteiger partial charge is 0.355 e. The molecule has 2 aromatic carbocycles. The van der Waals surface area contributed by atoms with Crippen LogP contribution in [0.3, 0.4) is 0 Å². The third kappa shape index (κ3) is 4.03. The Labute approximate surface area is 178 Å². The number of rotatable bonds is 4. The van der Waals surface area contributed by atoms with Crippen LogP contribution in [0.15, 0.2) is 48.7 Å². The maximum Gasteiger partial charge on any atom is 0.259 e. The molecule has 2 amide bonds. The van der Waals surface area contributed by atoms with Crippen molar-refractivity contribution in [3.05, 3.63) is 93.7 Å². The SMILES string of the molecule is CNC(=O)c1ccc(Cc2cc3c(cc2C)CCN(c2ccc(F)cn2)C3=O)cc1F. The van der Waals surface area contributed by atoms with Crippen LogP contribution in [0.4, 0.5) is 14.6 Å². The van der Waals surface area contributed by atoms with Crippen molar-refractivity contribution < 1.29 is 18.4 Å². The fraction of sp³-hybridized carbons (Fsp3) is 0.208. The van der Waals surface area contributed by atoms with Crippen molar-refractivity contribution in [1.82, 2.24) is 10.3 Å². The first-order chi connectivity index (χ1) is 14.9. The second kappa shape index (κ2) is 8.26. The summed E-state index contributed by atoms with van der Waals surface area (Å²) in [6, 6.07) is 11.1. The molecule has 1 aromatic heterocycles. The molecule has 158 valence electrons. The molecule has 0 unspecified atom stereocenters. The normalized spacial score (nSPS) is 13.2. The molecular formula is C24H21F2N3O2. The first kappa shape index (κ1) is 20.7. The summed E-state index contributed by atoms with van der Waals surface area (Å²) in [5.41, 5.74) is 4.12. The highest BCUT2D eigenvalue weighted by molar-refractivity contribution is 6.07. The van der Waals surface area contributed by atoms with Crippen LogP contribution in [0.5, 0.6) is 0 Å². The van der Waals surface area contributed by atoms with Crippen LogP contribution in [0.2, 0.25) is 0 Å². The molecule has 0 spiro atoms. The molecule has 0 fully saturated rings. The van der Waals surface area contributed by atoms with Gasteiger partial charge in [0.25, 0.3) is 11.8 Å². The number of hydrogen-bond acceptors (Lipinski definition) is 3. The van der Waals surface area contributed by atoms with E-state index in [1.54, 1.807) is 11.0 Å². The summed E-state index contributed by atoms with van der Waals surface area (Å²) in [5, 5.41) is 2.41. The van der Waals surface area contributed by atoms with Crippen molar-refractivity contribution in [3.63, 3.8) is 0 Å². The topological polar surface area (TPSA) is 62.3 Å². The van der Waals surface area contributed by atoms with Gasteiger partial charge in [-0.1, -0.05) is 12.1 Å². The van der Waals surface area contributed by atoms with Crippen molar-refractivity contribution in [3.8, 4) is 0 Å². The number of pyridine rings is 1. The molecule has 0 radical (unpaired) electrons. The average molecular weight is 421 g/mol. The van der Waals surface area contributed by atoms with Crippen LogP contribution in [0, 0.1) is 18.6 Å². The van der Waals surface area contributed by atoms with E-state index in [-0.39, 0.29) is 11.5 Å². The third-order valence-electron chi connectivity index (χ3n) is 5.53. The number of anilines is 1. The van der Waals surface area contributed by atoms with Gasteiger partial charge in [-0.05, 0) is 72.4 Å². The van der Waals surface area contributed by atoms with Gasteiger partial charge in [0.15, 0.2) is 0 Å². The molecule has 0 aliphatic carbocycles. The van der Waals surface area contributed by atoms with Gasteiger partial charge >= 0.3 is 0 Å². The summed E-state index contributed by atoms with van der Waals surface area (Å²) >= 11 is 0. The van der Waals surface area contributed by atoms with Crippen LogP contribution in [0.1, 0.15) is 43.0 Å². The van der Waals surface area contributed by atoms with Crippen LogP contribution in [0.25, 0.3) is 0 Å². The van der Waals surface area contributed by atoms with Gasteiger partial charge in [0.05, 0.1) is 11.8 Å². The molecular weight excluding hydrogens is 400 g/mol. The number of amides is 2.